The summed E-state index contributed by atoms with van der Waals surface area (Å²) in [7, 11) is 0. The van der Waals surface area contributed by atoms with Gasteiger partial charge in [0.15, 0.2) is 0 Å². The van der Waals surface area contributed by atoms with Gasteiger partial charge in [0.25, 0.3) is 11.5 Å². The maximum atomic E-state index is 13.5. The highest BCUT2D eigenvalue weighted by molar-refractivity contribution is 9.10. The Morgan fingerprint density at radius 2 is 1.90 bits per heavy atom. The molecular weight excluding hydrogens is 564 g/mol. The number of hydrogen-bond donors (Lipinski definition) is 1. The molecule has 0 spiro atoms. The lowest BCUT2D eigenvalue weighted by atomic mass is 10.1. The summed E-state index contributed by atoms with van der Waals surface area (Å²) in [6, 6.07) is 8.92. The van der Waals surface area contributed by atoms with E-state index in [4.69, 9.17) is 4.74 Å². The lowest BCUT2D eigenvalue weighted by Gasteiger charge is -2.24. The Balaban J connectivity index is 1.51. The molecule has 4 aromatic rings. The number of anilines is 1. The molecule has 0 bridgehead atoms. The van der Waals surface area contributed by atoms with Gasteiger partial charge < -0.3 is 9.72 Å². The van der Waals surface area contributed by atoms with Crippen LogP contribution in [0.15, 0.2) is 56.9 Å². The Bertz CT molecular complexity index is 1580. The number of fused-ring (bicyclic) bond motifs is 1. The van der Waals surface area contributed by atoms with Gasteiger partial charge in [-0.2, -0.15) is 0 Å². The molecule has 11 heteroatoms. The van der Waals surface area contributed by atoms with E-state index in [1.807, 2.05) is 26.0 Å². The number of H-pyrrole nitrogens is 1. The largest absolute Gasteiger partial charge is 0.376 e. The predicted molar refractivity (Wildman–Crippen MR) is 153 cm³/mol. The van der Waals surface area contributed by atoms with Crippen LogP contribution in [0.25, 0.3) is 22.3 Å². The standard InChI is InChI=1S/C28H31BrN6O4/c1-3-11-33-22-14-21(32-25(22)27(37)34(12-4-2)28(33)38)18-8-10-24(31-15-18)35(17-20-6-5-13-39-20)26(36)19-7-9-23(29)30-16-19/h7-10,14-16,20,32H,3-6,11-13,17H2,1-2H3. The van der Waals surface area contributed by atoms with Crippen LogP contribution in [0, 0.1) is 0 Å². The van der Waals surface area contributed by atoms with Gasteiger partial charge in [0.05, 0.1) is 23.7 Å². The fourth-order valence-electron chi connectivity index (χ4n) is 4.94. The lowest BCUT2D eigenvalue weighted by molar-refractivity contribution is 0.0915. The molecule has 1 aliphatic heterocycles. The van der Waals surface area contributed by atoms with E-state index < -0.39 is 0 Å². The normalized spacial score (nSPS) is 15.2. The topological polar surface area (TPSA) is 115 Å². The van der Waals surface area contributed by atoms with Crippen LogP contribution in [0.2, 0.25) is 0 Å². The number of nitrogens with one attached hydrogen (secondary N) is 1. The molecule has 204 valence electrons. The number of ether oxygens (including phenoxy) is 1. The van der Waals surface area contributed by atoms with E-state index in [9.17, 15) is 14.4 Å². The van der Waals surface area contributed by atoms with Crippen molar-refractivity contribution in [1.82, 2.24) is 24.1 Å². The molecule has 4 aromatic heterocycles. The third kappa shape index (κ3) is 5.46. The molecule has 0 radical (unpaired) electrons. The van der Waals surface area contributed by atoms with E-state index in [-0.39, 0.29) is 23.3 Å². The van der Waals surface area contributed by atoms with Crippen LogP contribution in [0.3, 0.4) is 0 Å². The monoisotopic (exact) mass is 594 g/mol. The Labute approximate surface area is 233 Å². The molecule has 0 aromatic carbocycles. The average Bonchev–Trinajstić information content (AvgIpc) is 3.63. The number of carbonyl (C=O) groups is 1. The second kappa shape index (κ2) is 11.7. The molecular formula is C28H31BrN6O4. The number of rotatable bonds is 9. The molecule has 1 N–H and O–H groups in total. The van der Waals surface area contributed by atoms with Gasteiger partial charge in [-0.3, -0.25) is 23.6 Å². The minimum absolute atomic E-state index is 0.0619. The summed E-state index contributed by atoms with van der Waals surface area (Å²) >= 11 is 3.31. The fourth-order valence-corrected chi connectivity index (χ4v) is 5.18. The molecule has 1 atom stereocenters. The van der Waals surface area contributed by atoms with Gasteiger partial charge in [0.2, 0.25) is 0 Å². The van der Waals surface area contributed by atoms with E-state index in [2.05, 4.69) is 30.9 Å². The van der Waals surface area contributed by atoms with Crippen LogP contribution in [0.1, 0.15) is 49.9 Å². The molecule has 1 fully saturated rings. The molecule has 0 saturated carbocycles. The molecule has 1 saturated heterocycles. The number of carbonyl (C=O) groups excluding carboxylic acids is 1. The highest BCUT2D eigenvalue weighted by Gasteiger charge is 2.26. The van der Waals surface area contributed by atoms with Gasteiger partial charge in [-0.25, -0.2) is 14.8 Å². The van der Waals surface area contributed by atoms with E-state index in [1.54, 1.807) is 33.9 Å². The molecule has 0 aliphatic carbocycles. The summed E-state index contributed by atoms with van der Waals surface area (Å²) < 4.78 is 9.41. The highest BCUT2D eigenvalue weighted by Crippen LogP contribution is 2.25. The summed E-state index contributed by atoms with van der Waals surface area (Å²) in [5.74, 6) is 0.280. The average molecular weight is 595 g/mol. The Morgan fingerprint density at radius 1 is 1.10 bits per heavy atom. The van der Waals surface area contributed by atoms with Gasteiger partial charge >= 0.3 is 5.69 Å². The Hall–Kier alpha value is -3.57. The number of hydrogen-bond acceptors (Lipinski definition) is 6. The number of aromatic nitrogens is 5. The molecule has 1 unspecified atom stereocenters. The van der Waals surface area contributed by atoms with E-state index in [0.717, 1.165) is 24.8 Å². The van der Waals surface area contributed by atoms with Crippen molar-refractivity contribution in [3.05, 3.63) is 73.7 Å². The van der Waals surface area contributed by atoms with Crippen molar-refractivity contribution in [3.8, 4) is 11.3 Å². The van der Waals surface area contributed by atoms with Gasteiger partial charge in [0, 0.05) is 43.3 Å². The summed E-state index contributed by atoms with van der Waals surface area (Å²) in [6.45, 7) is 5.88. The van der Waals surface area contributed by atoms with Crippen LogP contribution >= 0.6 is 15.9 Å². The van der Waals surface area contributed by atoms with Gasteiger partial charge in [-0.05, 0) is 71.9 Å². The number of aryl methyl sites for hydroxylation is 1. The molecule has 1 aliphatic rings. The first-order valence-electron chi connectivity index (χ1n) is 13.3. The van der Waals surface area contributed by atoms with Gasteiger partial charge in [-0.15, -0.1) is 0 Å². The van der Waals surface area contributed by atoms with Crippen LogP contribution in [-0.4, -0.2) is 49.2 Å². The first kappa shape index (κ1) is 27.0. The highest BCUT2D eigenvalue weighted by atomic mass is 79.9. The van der Waals surface area contributed by atoms with Crippen molar-refractivity contribution in [2.24, 2.45) is 0 Å². The van der Waals surface area contributed by atoms with Crippen LogP contribution in [0.5, 0.6) is 0 Å². The van der Waals surface area contributed by atoms with Gasteiger partial charge in [-0.1, -0.05) is 13.8 Å². The summed E-state index contributed by atoms with van der Waals surface area (Å²) in [5, 5.41) is 0. The maximum Gasteiger partial charge on any atom is 0.331 e. The number of nitrogens with zero attached hydrogens (tertiary/aromatic N) is 5. The number of halogens is 1. The molecule has 1 amide bonds. The fraction of sp³-hybridized carbons (Fsp3) is 0.393. The minimum Gasteiger partial charge on any atom is -0.376 e. The summed E-state index contributed by atoms with van der Waals surface area (Å²) in [4.78, 5) is 53.3. The Kier molecular flexibility index (Phi) is 8.08. The van der Waals surface area contributed by atoms with Crippen LogP contribution < -0.4 is 16.1 Å². The van der Waals surface area contributed by atoms with E-state index in [0.29, 0.717) is 65.4 Å². The third-order valence-corrected chi connectivity index (χ3v) is 7.34. The van der Waals surface area contributed by atoms with Crippen molar-refractivity contribution >= 4 is 38.7 Å². The quantitative estimate of drug-likeness (QED) is 0.288. The van der Waals surface area contributed by atoms with E-state index in [1.165, 1.54) is 10.8 Å². The van der Waals surface area contributed by atoms with Crippen molar-refractivity contribution < 1.29 is 9.53 Å². The van der Waals surface area contributed by atoms with Crippen LogP contribution in [0.4, 0.5) is 5.82 Å². The second-order valence-electron chi connectivity index (χ2n) is 9.66. The zero-order valence-electron chi connectivity index (χ0n) is 22.0. The summed E-state index contributed by atoms with van der Waals surface area (Å²) in [6.07, 6.45) is 6.43. The minimum atomic E-state index is -0.323. The van der Waals surface area contributed by atoms with Crippen molar-refractivity contribution in [3.63, 3.8) is 0 Å². The predicted octanol–water partition coefficient (Wildman–Crippen LogP) is 4.36. The Morgan fingerprint density at radius 3 is 2.54 bits per heavy atom. The first-order chi connectivity index (χ1) is 18.9. The zero-order valence-corrected chi connectivity index (χ0v) is 23.6. The smallest absolute Gasteiger partial charge is 0.331 e. The molecule has 39 heavy (non-hydrogen) atoms. The van der Waals surface area contributed by atoms with Crippen molar-refractivity contribution in [1.29, 1.82) is 0 Å². The number of aromatic amines is 1. The number of pyridine rings is 2. The zero-order chi connectivity index (χ0) is 27.5. The first-order valence-corrected chi connectivity index (χ1v) is 14.1. The molecule has 5 rings (SSSR count). The molecule has 5 heterocycles. The van der Waals surface area contributed by atoms with E-state index >= 15 is 0 Å². The summed E-state index contributed by atoms with van der Waals surface area (Å²) in [5.41, 5.74) is 2.23. The van der Waals surface area contributed by atoms with Crippen molar-refractivity contribution in [2.75, 3.05) is 18.1 Å². The maximum absolute atomic E-state index is 13.5. The second-order valence-corrected chi connectivity index (χ2v) is 10.5. The third-order valence-electron chi connectivity index (χ3n) is 6.87. The SMILES string of the molecule is CCCn1c(=O)c2[nH]c(-c3ccc(N(CC4CCCO4)C(=O)c4ccc(Br)nc4)nc3)cc2n(CCC)c1=O. The lowest BCUT2D eigenvalue weighted by Crippen LogP contribution is -2.39. The van der Waals surface area contributed by atoms with Crippen LogP contribution in [-0.2, 0) is 17.8 Å². The molecule has 10 nitrogen and oxygen atoms in total. The van der Waals surface area contributed by atoms with Crippen molar-refractivity contribution in [2.45, 2.75) is 58.7 Å². The number of amides is 1. The van der Waals surface area contributed by atoms with Gasteiger partial charge in [0.1, 0.15) is 15.9 Å².